The van der Waals surface area contributed by atoms with E-state index in [0.29, 0.717) is 0 Å². The summed E-state index contributed by atoms with van der Waals surface area (Å²) in [5, 5.41) is 0. The van der Waals surface area contributed by atoms with E-state index in [0.717, 1.165) is 5.41 Å². The molecule has 3 fully saturated rings. The van der Waals surface area contributed by atoms with Gasteiger partial charge < -0.3 is 0 Å². The van der Waals surface area contributed by atoms with Crippen LogP contribution in [0.5, 0.6) is 0 Å². The van der Waals surface area contributed by atoms with Gasteiger partial charge in [-0.25, -0.2) is 0 Å². The summed E-state index contributed by atoms with van der Waals surface area (Å²) in [4.78, 5) is 0. The first-order valence-electron chi connectivity index (χ1n) is 4.91. The van der Waals surface area contributed by atoms with E-state index in [4.69, 9.17) is 0 Å². The number of hydrogen-bond acceptors (Lipinski definition) is 0. The Morgan fingerprint density at radius 1 is 1.00 bits per heavy atom. The molecule has 0 aromatic carbocycles. The van der Waals surface area contributed by atoms with Gasteiger partial charge in [0.2, 0.25) is 0 Å². The fraction of sp³-hybridized carbons (Fsp3) is 1.00. The van der Waals surface area contributed by atoms with Crippen molar-refractivity contribution in [3.8, 4) is 0 Å². The molecule has 3 aliphatic rings. The van der Waals surface area contributed by atoms with Crippen molar-refractivity contribution in [2.75, 3.05) is 0 Å². The third-order valence-corrected chi connectivity index (χ3v) is 4.26. The van der Waals surface area contributed by atoms with Gasteiger partial charge in [-0.2, -0.15) is 0 Å². The van der Waals surface area contributed by atoms with Gasteiger partial charge in [-0.1, -0.05) is 19.3 Å². The lowest BCUT2D eigenvalue weighted by atomic mass is 9.56. The van der Waals surface area contributed by atoms with Crippen molar-refractivity contribution in [1.82, 2.24) is 0 Å². The Morgan fingerprint density at radius 2 is 1.80 bits per heavy atom. The van der Waals surface area contributed by atoms with Crippen LogP contribution in [0.1, 0.15) is 44.9 Å². The van der Waals surface area contributed by atoms with E-state index in [1.807, 2.05) is 0 Å². The van der Waals surface area contributed by atoms with Crippen LogP contribution in [0, 0.1) is 17.3 Å². The Balaban J connectivity index is 1.77. The molecule has 1 unspecified atom stereocenters. The summed E-state index contributed by atoms with van der Waals surface area (Å²) in [6.07, 6.45) is 11.1. The lowest BCUT2D eigenvalue weighted by Gasteiger charge is -2.49. The molecule has 3 rings (SSSR count). The van der Waals surface area contributed by atoms with E-state index in [1.165, 1.54) is 18.3 Å². The van der Waals surface area contributed by atoms with Crippen molar-refractivity contribution in [1.29, 1.82) is 0 Å². The van der Waals surface area contributed by atoms with Crippen molar-refractivity contribution in [3.63, 3.8) is 0 Å². The van der Waals surface area contributed by atoms with Gasteiger partial charge in [-0.15, -0.1) is 0 Å². The summed E-state index contributed by atoms with van der Waals surface area (Å²) in [5.41, 5.74) is 0.963. The summed E-state index contributed by atoms with van der Waals surface area (Å²) < 4.78 is 0. The minimum absolute atomic E-state index is 0.963. The quantitative estimate of drug-likeness (QED) is 0.480. The fourth-order valence-electron chi connectivity index (χ4n) is 3.51. The van der Waals surface area contributed by atoms with Gasteiger partial charge in [0.1, 0.15) is 0 Å². The zero-order valence-corrected chi connectivity index (χ0v) is 6.60. The van der Waals surface area contributed by atoms with Gasteiger partial charge in [-0.05, 0) is 42.9 Å². The molecule has 0 aromatic heterocycles. The van der Waals surface area contributed by atoms with Gasteiger partial charge in [0.05, 0.1) is 0 Å². The monoisotopic (exact) mass is 136 g/mol. The van der Waals surface area contributed by atoms with E-state index in [-0.39, 0.29) is 0 Å². The molecule has 0 N–H and O–H groups in total. The first-order chi connectivity index (χ1) is 4.91. The third-order valence-electron chi connectivity index (χ3n) is 4.26. The average Bonchev–Trinajstić information content (AvgIpc) is 2.67. The summed E-state index contributed by atoms with van der Waals surface area (Å²) in [7, 11) is 0. The summed E-state index contributed by atoms with van der Waals surface area (Å²) >= 11 is 0. The Labute approximate surface area is 63.0 Å². The van der Waals surface area contributed by atoms with Gasteiger partial charge in [0.25, 0.3) is 0 Å². The molecule has 3 aliphatic carbocycles. The van der Waals surface area contributed by atoms with Crippen LogP contribution in [-0.2, 0) is 0 Å². The van der Waals surface area contributed by atoms with Crippen LogP contribution in [0.15, 0.2) is 0 Å². The minimum Gasteiger partial charge on any atom is -0.0530 e. The maximum absolute atomic E-state index is 1.62. The van der Waals surface area contributed by atoms with Crippen molar-refractivity contribution >= 4 is 0 Å². The maximum atomic E-state index is 1.62. The Kier molecular flexibility index (Phi) is 0.898. The van der Waals surface area contributed by atoms with Crippen LogP contribution >= 0.6 is 0 Å². The molecule has 0 heteroatoms. The van der Waals surface area contributed by atoms with Crippen molar-refractivity contribution in [3.05, 3.63) is 0 Å². The molecule has 0 bridgehead atoms. The van der Waals surface area contributed by atoms with Crippen molar-refractivity contribution in [2.45, 2.75) is 44.9 Å². The SMILES string of the molecule is C1CC[C@H]2C(C1)CC21CC1. The van der Waals surface area contributed by atoms with E-state index < -0.39 is 0 Å². The lowest BCUT2D eigenvalue weighted by molar-refractivity contribution is 0.00874. The number of rotatable bonds is 0. The first kappa shape index (κ1) is 5.62. The van der Waals surface area contributed by atoms with E-state index in [9.17, 15) is 0 Å². The molecule has 56 valence electrons. The molecule has 10 heavy (non-hydrogen) atoms. The van der Waals surface area contributed by atoms with Crippen molar-refractivity contribution in [2.24, 2.45) is 17.3 Å². The Morgan fingerprint density at radius 3 is 2.50 bits per heavy atom. The van der Waals surface area contributed by atoms with Crippen LogP contribution in [0.25, 0.3) is 0 Å². The molecule has 2 atom stereocenters. The van der Waals surface area contributed by atoms with Crippen LogP contribution in [-0.4, -0.2) is 0 Å². The third kappa shape index (κ3) is 0.538. The summed E-state index contributed by atoms with van der Waals surface area (Å²) in [6, 6.07) is 0. The number of fused-ring (bicyclic) bond motifs is 2. The van der Waals surface area contributed by atoms with Crippen LogP contribution in [0.3, 0.4) is 0 Å². The van der Waals surface area contributed by atoms with Crippen LogP contribution in [0.4, 0.5) is 0 Å². The van der Waals surface area contributed by atoms with Gasteiger partial charge in [0, 0.05) is 0 Å². The molecular weight excluding hydrogens is 120 g/mol. The maximum Gasteiger partial charge on any atom is -0.0263 e. The topological polar surface area (TPSA) is 0 Å². The fourth-order valence-corrected chi connectivity index (χ4v) is 3.51. The molecule has 0 radical (unpaired) electrons. The number of hydrogen-bond donors (Lipinski definition) is 0. The first-order valence-corrected chi connectivity index (χ1v) is 4.91. The summed E-state index contributed by atoms with van der Waals surface area (Å²) in [5.74, 6) is 2.40. The molecule has 1 spiro atoms. The predicted octanol–water partition coefficient (Wildman–Crippen LogP) is 2.98. The highest BCUT2D eigenvalue weighted by molar-refractivity contribution is 5.10. The second kappa shape index (κ2) is 1.60. The Bertz CT molecular complexity index is 155. The smallest absolute Gasteiger partial charge is 0.0263 e. The molecule has 0 aromatic rings. The minimum atomic E-state index is 0.963. The largest absolute Gasteiger partial charge is 0.0530 e. The standard InChI is InChI=1S/C10H16/c1-2-4-9-8(3-1)7-10(9)5-6-10/h8-9H,1-7H2/t8?,9-/m0/s1. The molecule has 0 heterocycles. The second-order valence-electron chi connectivity index (χ2n) is 4.72. The zero-order valence-electron chi connectivity index (χ0n) is 6.60. The molecule has 0 nitrogen and oxygen atoms in total. The van der Waals surface area contributed by atoms with Gasteiger partial charge in [0.15, 0.2) is 0 Å². The predicted molar refractivity (Wildman–Crippen MR) is 41.7 cm³/mol. The Hall–Kier alpha value is 0. The van der Waals surface area contributed by atoms with E-state index in [2.05, 4.69) is 0 Å². The van der Waals surface area contributed by atoms with Crippen LogP contribution in [0.2, 0.25) is 0 Å². The molecule has 0 amide bonds. The lowest BCUT2D eigenvalue weighted by Crippen LogP contribution is -2.40. The normalized spacial score (nSPS) is 48.0. The molecular formula is C10H16. The highest BCUT2D eigenvalue weighted by Gasteiger charge is 2.60. The van der Waals surface area contributed by atoms with E-state index >= 15 is 0 Å². The highest BCUT2D eigenvalue weighted by Crippen LogP contribution is 2.70. The molecule has 3 saturated carbocycles. The summed E-state index contributed by atoms with van der Waals surface area (Å²) in [6.45, 7) is 0. The van der Waals surface area contributed by atoms with E-state index in [1.54, 1.807) is 38.5 Å². The average molecular weight is 136 g/mol. The molecule has 0 saturated heterocycles. The zero-order chi connectivity index (χ0) is 6.60. The van der Waals surface area contributed by atoms with Crippen LogP contribution < -0.4 is 0 Å². The molecule has 0 aliphatic heterocycles. The van der Waals surface area contributed by atoms with Gasteiger partial charge >= 0.3 is 0 Å². The highest BCUT2D eigenvalue weighted by atomic mass is 14.6. The second-order valence-corrected chi connectivity index (χ2v) is 4.72. The van der Waals surface area contributed by atoms with Gasteiger partial charge in [-0.3, -0.25) is 0 Å². The van der Waals surface area contributed by atoms with Crippen molar-refractivity contribution < 1.29 is 0 Å².